The van der Waals surface area contributed by atoms with E-state index in [1.165, 1.54) is 11.1 Å². The Morgan fingerprint density at radius 2 is 1.91 bits per heavy atom. The summed E-state index contributed by atoms with van der Waals surface area (Å²) in [6.07, 6.45) is -2.41. The van der Waals surface area contributed by atoms with Gasteiger partial charge in [0, 0.05) is 12.7 Å². The van der Waals surface area contributed by atoms with Crippen molar-refractivity contribution < 1.29 is 37.0 Å². The average Bonchev–Trinajstić information content (AvgIpc) is 3.38. The Bertz CT molecular complexity index is 1090. The van der Waals surface area contributed by atoms with Gasteiger partial charge in [-0.2, -0.15) is 18.3 Å². The van der Waals surface area contributed by atoms with Crippen molar-refractivity contribution in [3.63, 3.8) is 0 Å². The van der Waals surface area contributed by atoms with E-state index in [0.717, 1.165) is 18.7 Å². The third-order valence-corrected chi connectivity index (χ3v) is 4.71. The molecule has 0 radical (unpaired) electrons. The summed E-state index contributed by atoms with van der Waals surface area (Å²) in [6.45, 7) is 3.53. The van der Waals surface area contributed by atoms with Crippen LogP contribution in [0.25, 0.3) is 0 Å². The number of aryl methyl sites for hydroxylation is 1. The third-order valence-electron chi connectivity index (χ3n) is 4.71. The van der Waals surface area contributed by atoms with E-state index in [9.17, 15) is 18.0 Å². The Morgan fingerprint density at radius 3 is 2.52 bits per heavy atom. The summed E-state index contributed by atoms with van der Waals surface area (Å²) in [6, 6.07) is 13.7. The number of nitrogens with zero attached hydrogens (tertiary/aromatic N) is 2. The number of nitrogens with one attached hydrogen (secondary N) is 1. The number of aromatic nitrogens is 2. The number of fused-ring (bicyclic) bond motifs is 1. The zero-order valence-corrected chi connectivity index (χ0v) is 17.6. The standard InChI is InChI=1S/C20H21N3O3.C2HF3O2/c1-14-7-8-17(26-14)20(24)21-11-18-19-16(9-10-25-18)13-23(22-19)12-15-5-3-2-4-6-15;3-2(4,5)1(6)7/h2-8,13,18H,9-12H2,1H3,(H,21,24);(H,6,7). The molecule has 1 amide bonds. The molecule has 4 rings (SSSR count). The van der Waals surface area contributed by atoms with Crippen LogP contribution in [-0.2, 0) is 22.5 Å². The highest BCUT2D eigenvalue weighted by atomic mass is 19.4. The number of carboxylic acids is 1. The number of alkyl halides is 3. The van der Waals surface area contributed by atoms with Gasteiger partial charge in [-0.05, 0) is 36.6 Å². The predicted molar refractivity (Wildman–Crippen MR) is 110 cm³/mol. The second kappa shape index (κ2) is 10.3. The van der Waals surface area contributed by atoms with Gasteiger partial charge < -0.3 is 19.6 Å². The Balaban J connectivity index is 0.000000383. The number of benzene rings is 1. The molecule has 33 heavy (non-hydrogen) atoms. The van der Waals surface area contributed by atoms with Gasteiger partial charge in [0.25, 0.3) is 5.91 Å². The number of hydrogen-bond donors (Lipinski definition) is 2. The monoisotopic (exact) mass is 465 g/mol. The zero-order chi connectivity index (χ0) is 24.0. The SMILES string of the molecule is Cc1ccc(C(=O)NCC2OCCc3cn(Cc4ccccc4)nc32)o1.O=C(O)C(F)(F)F. The lowest BCUT2D eigenvalue weighted by atomic mass is 10.1. The number of carbonyl (C=O) groups excluding carboxylic acids is 1. The molecule has 1 aromatic carbocycles. The molecule has 1 unspecified atom stereocenters. The highest BCUT2D eigenvalue weighted by molar-refractivity contribution is 5.91. The van der Waals surface area contributed by atoms with E-state index in [-0.39, 0.29) is 12.0 Å². The number of ether oxygens (including phenoxy) is 1. The van der Waals surface area contributed by atoms with Gasteiger partial charge in [0.15, 0.2) is 5.76 Å². The molecule has 176 valence electrons. The van der Waals surface area contributed by atoms with Gasteiger partial charge in [0.2, 0.25) is 0 Å². The molecule has 2 aromatic heterocycles. The summed E-state index contributed by atoms with van der Waals surface area (Å²) in [5, 5.41) is 14.7. The first-order valence-electron chi connectivity index (χ1n) is 10.00. The third kappa shape index (κ3) is 6.69. The molecule has 0 bridgehead atoms. The van der Waals surface area contributed by atoms with Gasteiger partial charge in [-0.1, -0.05) is 30.3 Å². The van der Waals surface area contributed by atoms with Gasteiger partial charge in [0.05, 0.1) is 18.8 Å². The van der Waals surface area contributed by atoms with E-state index in [1.54, 1.807) is 12.1 Å². The summed E-state index contributed by atoms with van der Waals surface area (Å²) in [4.78, 5) is 21.1. The fraction of sp³-hybridized carbons (Fsp3) is 0.318. The van der Waals surface area contributed by atoms with Crippen molar-refractivity contribution in [2.75, 3.05) is 13.2 Å². The van der Waals surface area contributed by atoms with Crippen LogP contribution in [0.15, 0.2) is 53.1 Å². The van der Waals surface area contributed by atoms with Crippen molar-refractivity contribution in [1.29, 1.82) is 0 Å². The lowest BCUT2D eigenvalue weighted by molar-refractivity contribution is -0.192. The first-order chi connectivity index (χ1) is 15.6. The normalized spacial score (nSPS) is 15.2. The van der Waals surface area contributed by atoms with Crippen molar-refractivity contribution in [2.45, 2.75) is 32.2 Å². The second-order valence-electron chi connectivity index (χ2n) is 7.26. The Kier molecular flexibility index (Phi) is 7.54. The largest absolute Gasteiger partial charge is 0.490 e. The van der Waals surface area contributed by atoms with Crippen LogP contribution in [0.2, 0.25) is 0 Å². The number of hydrogen-bond acceptors (Lipinski definition) is 5. The van der Waals surface area contributed by atoms with Gasteiger partial charge >= 0.3 is 12.1 Å². The smallest absolute Gasteiger partial charge is 0.475 e. The first-order valence-corrected chi connectivity index (χ1v) is 10.00. The summed E-state index contributed by atoms with van der Waals surface area (Å²) >= 11 is 0. The van der Waals surface area contributed by atoms with E-state index in [4.69, 9.17) is 24.2 Å². The molecular formula is C22H22F3N3O5. The van der Waals surface area contributed by atoms with E-state index in [0.29, 0.717) is 24.7 Å². The molecular weight excluding hydrogens is 443 g/mol. The second-order valence-corrected chi connectivity index (χ2v) is 7.26. The molecule has 0 spiro atoms. The van der Waals surface area contributed by atoms with Crippen LogP contribution in [0.4, 0.5) is 13.2 Å². The fourth-order valence-corrected chi connectivity index (χ4v) is 3.17. The lowest BCUT2D eigenvalue weighted by Gasteiger charge is -2.22. The van der Waals surface area contributed by atoms with Crippen LogP contribution in [-0.4, -0.2) is 46.1 Å². The van der Waals surface area contributed by atoms with E-state index in [2.05, 4.69) is 23.6 Å². The predicted octanol–water partition coefficient (Wildman–Crippen LogP) is 3.51. The highest BCUT2D eigenvalue weighted by Gasteiger charge is 2.38. The number of carbonyl (C=O) groups is 2. The summed E-state index contributed by atoms with van der Waals surface area (Å²) in [7, 11) is 0. The van der Waals surface area contributed by atoms with Crippen LogP contribution >= 0.6 is 0 Å². The molecule has 0 saturated carbocycles. The number of aliphatic carboxylic acids is 1. The van der Waals surface area contributed by atoms with Gasteiger partial charge in [-0.15, -0.1) is 0 Å². The number of rotatable bonds is 5. The summed E-state index contributed by atoms with van der Waals surface area (Å²) in [5.41, 5.74) is 3.29. The maximum Gasteiger partial charge on any atom is 0.490 e. The topological polar surface area (TPSA) is 107 Å². The van der Waals surface area contributed by atoms with Gasteiger partial charge in [0.1, 0.15) is 11.9 Å². The molecule has 1 atom stereocenters. The molecule has 8 nitrogen and oxygen atoms in total. The lowest BCUT2D eigenvalue weighted by Crippen LogP contribution is -2.31. The van der Waals surface area contributed by atoms with Crippen molar-refractivity contribution in [3.8, 4) is 0 Å². The van der Waals surface area contributed by atoms with Crippen molar-refractivity contribution >= 4 is 11.9 Å². The molecule has 0 saturated heterocycles. The summed E-state index contributed by atoms with van der Waals surface area (Å²) < 4.78 is 44.9. The van der Waals surface area contributed by atoms with E-state index < -0.39 is 12.1 Å². The molecule has 1 aliphatic heterocycles. The highest BCUT2D eigenvalue weighted by Crippen LogP contribution is 2.25. The molecule has 2 N–H and O–H groups in total. The molecule has 11 heteroatoms. The van der Waals surface area contributed by atoms with Crippen LogP contribution < -0.4 is 5.32 Å². The first kappa shape index (κ1) is 24.1. The van der Waals surface area contributed by atoms with E-state index >= 15 is 0 Å². The Labute approximate surface area is 187 Å². The van der Waals surface area contributed by atoms with Crippen LogP contribution in [0.5, 0.6) is 0 Å². The van der Waals surface area contributed by atoms with E-state index in [1.807, 2.05) is 29.8 Å². The van der Waals surface area contributed by atoms with Crippen molar-refractivity contribution in [2.24, 2.45) is 0 Å². The van der Waals surface area contributed by atoms with Crippen LogP contribution in [0.1, 0.15) is 39.2 Å². The molecule has 3 heterocycles. The maximum absolute atomic E-state index is 12.2. The fourth-order valence-electron chi connectivity index (χ4n) is 3.17. The van der Waals surface area contributed by atoms with Crippen LogP contribution in [0.3, 0.4) is 0 Å². The minimum atomic E-state index is -5.08. The quantitative estimate of drug-likeness (QED) is 0.597. The van der Waals surface area contributed by atoms with Gasteiger partial charge in [-0.25, -0.2) is 4.79 Å². The average molecular weight is 465 g/mol. The number of halogens is 3. The van der Waals surface area contributed by atoms with Crippen molar-refractivity contribution in [3.05, 3.63) is 77.0 Å². The van der Waals surface area contributed by atoms with Crippen molar-refractivity contribution in [1.82, 2.24) is 15.1 Å². The molecule has 3 aromatic rings. The van der Waals surface area contributed by atoms with Gasteiger partial charge in [-0.3, -0.25) is 9.48 Å². The molecule has 0 aliphatic carbocycles. The molecule has 1 aliphatic rings. The maximum atomic E-state index is 12.2. The Hall–Kier alpha value is -3.60. The number of carboxylic acid groups (broad SMARTS) is 1. The summed E-state index contributed by atoms with van der Waals surface area (Å²) in [5.74, 6) is -1.97. The minimum absolute atomic E-state index is 0.238. The number of furan rings is 1. The number of amides is 1. The Morgan fingerprint density at radius 1 is 1.21 bits per heavy atom. The minimum Gasteiger partial charge on any atom is -0.475 e. The van der Waals surface area contributed by atoms with Crippen LogP contribution in [0, 0.1) is 6.92 Å². The zero-order valence-electron chi connectivity index (χ0n) is 17.6. The molecule has 0 fully saturated rings.